The Morgan fingerprint density at radius 2 is 1.69 bits per heavy atom. The molecular weight excluding hydrogens is 458 g/mol. The lowest BCUT2D eigenvalue weighted by Gasteiger charge is -2.30. The number of rotatable bonds is 1. The molecule has 180 valence electrons. The standard InChI is InChI=1S/C29H31ClN3O2/c1-29(2,3)23-16-22-5-4-21-17-24(30)6-7-25(21)26(27(22)31-18-23)19-8-12-32(13-9-19)28(34)20-10-14-33(35)15-11-20/h6-7,10-11,14-18,35H,4-5,8-9,12-13H2,1-3H3/q+1. The van der Waals surface area contributed by atoms with Gasteiger partial charge in [0.05, 0.1) is 11.3 Å². The molecule has 2 aliphatic rings. The molecule has 0 unspecified atom stereocenters. The molecule has 5 rings (SSSR count). The van der Waals surface area contributed by atoms with Crippen LogP contribution in [-0.2, 0) is 18.3 Å². The van der Waals surface area contributed by atoms with E-state index in [1.807, 2.05) is 17.2 Å². The first-order chi connectivity index (χ1) is 16.7. The van der Waals surface area contributed by atoms with E-state index in [0.29, 0.717) is 18.7 Å². The zero-order chi connectivity index (χ0) is 24.7. The minimum atomic E-state index is -0.00366. The molecule has 0 saturated carbocycles. The Balaban J connectivity index is 1.52. The highest BCUT2D eigenvalue weighted by atomic mass is 35.5. The maximum atomic E-state index is 13.0. The van der Waals surface area contributed by atoms with E-state index in [1.165, 1.54) is 45.8 Å². The van der Waals surface area contributed by atoms with Crippen LogP contribution in [0.5, 0.6) is 0 Å². The fourth-order valence-electron chi connectivity index (χ4n) is 5.08. The number of halogens is 1. The predicted octanol–water partition coefficient (Wildman–Crippen LogP) is 5.39. The second-order valence-corrected chi connectivity index (χ2v) is 11.0. The van der Waals surface area contributed by atoms with Gasteiger partial charge in [-0.15, -0.1) is 0 Å². The third-order valence-corrected chi connectivity index (χ3v) is 7.37. The normalized spacial score (nSPS) is 15.9. The first-order valence-corrected chi connectivity index (χ1v) is 12.6. The minimum Gasteiger partial charge on any atom is -0.338 e. The first-order valence-electron chi connectivity index (χ1n) is 12.2. The van der Waals surface area contributed by atoms with Crippen LogP contribution in [0.2, 0.25) is 5.02 Å². The molecule has 0 bridgehead atoms. The molecule has 0 atom stereocenters. The molecule has 1 fully saturated rings. The summed E-state index contributed by atoms with van der Waals surface area (Å²) in [6.07, 6.45) is 8.45. The van der Waals surface area contributed by atoms with Crippen molar-refractivity contribution < 1.29 is 14.7 Å². The van der Waals surface area contributed by atoms with Crippen molar-refractivity contribution in [2.24, 2.45) is 0 Å². The Morgan fingerprint density at radius 1 is 1.00 bits per heavy atom. The largest absolute Gasteiger partial charge is 0.338 e. The summed E-state index contributed by atoms with van der Waals surface area (Å²) in [5.41, 5.74) is 9.27. The fourth-order valence-corrected chi connectivity index (χ4v) is 5.27. The number of hydrogen-bond acceptors (Lipinski definition) is 3. The van der Waals surface area contributed by atoms with Crippen molar-refractivity contribution in [1.29, 1.82) is 0 Å². The number of aryl methyl sites for hydroxylation is 2. The lowest BCUT2D eigenvalue weighted by atomic mass is 9.85. The molecule has 1 aromatic carbocycles. The number of likely N-dealkylation sites (tertiary alicyclic amines) is 1. The third kappa shape index (κ3) is 4.70. The molecule has 3 heterocycles. The second-order valence-electron chi connectivity index (χ2n) is 10.5. The van der Waals surface area contributed by atoms with Crippen LogP contribution in [0.1, 0.15) is 71.9 Å². The van der Waals surface area contributed by atoms with Crippen LogP contribution in [0.15, 0.2) is 60.6 Å². The molecule has 3 aromatic rings. The molecule has 1 N–H and O–H groups in total. The van der Waals surface area contributed by atoms with Gasteiger partial charge in [0.2, 0.25) is 12.4 Å². The zero-order valence-electron chi connectivity index (χ0n) is 20.5. The first kappa shape index (κ1) is 23.6. The van der Waals surface area contributed by atoms with Crippen LogP contribution in [-0.4, -0.2) is 34.1 Å². The van der Waals surface area contributed by atoms with Crippen molar-refractivity contribution in [2.75, 3.05) is 13.1 Å². The van der Waals surface area contributed by atoms with E-state index in [2.05, 4.69) is 39.0 Å². The molecule has 1 aliphatic heterocycles. The smallest absolute Gasteiger partial charge is 0.254 e. The van der Waals surface area contributed by atoms with Crippen molar-refractivity contribution in [3.05, 3.63) is 99.1 Å². The second kappa shape index (κ2) is 9.12. The number of pyridine rings is 2. The van der Waals surface area contributed by atoms with E-state index in [9.17, 15) is 10.0 Å². The SMILES string of the molecule is CC(C)(C)c1cnc2c(c1)CCc1cc(Cl)ccc1C2=C1CCN(C(=O)c2cc[n+](O)cc2)CC1. The molecule has 2 aromatic heterocycles. The summed E-state index contributed by atoms with van der Waals surface area (Å²) in [6, 6.07) is 11.8. The van der Waals surface area contributed by atoms with Crippen LogP contribution in [0.3, 0.4) is 0 Å². The molecule has 1 saturated heterocycles. The molecule has 0 radical (unpaired) electrons. The summed E-state index contributed by atoms with van der Waals surface area (Å²) in [5.74, 6) is -0.00366. The summed E-state index contributed by atoms with van der Waals surface area (Å²) in [6.45, 7) is 7.98. The summed E-state index contributed by atoms with van der Waals surface area (Å²) < 4.78 is 0.945. The monoisotopic (exact) mass is 488 g/mol. The third-order valence-electron chi connectivity index (χ3n) is 7.14. The van der Waals surface area contributed by atoms with Crippen molar-refractivity contribution in [3.8, 4) is 0 Å². The number of aromatic nitrogens is 2. The maximum Gasteiger partial charge on any atom is 0.254 e. The van der Waals surface area contributed by atoms with Gasteiger partial charge in [-0.05, 0) is 65.5 Å². The van der Waals surface area contributed by atoms with Gasteiger partial charge in [-0.2, -0.15) is 0 Å². The Bertz CT molecular complexity index is 1310. The van der Waals surface area contributed by atoms with Gasteiger partial charge >= 0.3 is 0 Å². The van der Waals surface area contributed by atoms with Crippen molar-refractivity contribution in [1.82, 2.24) is 9.88 Å². The van der Waals surface area contributed by atoms with Crippen LogP contribution in [0.25, 0.3) is 5.57 Å². The number of amides is 1. The number of nitrogens with zero attached hydrogens (tertiary/aromatic N) is 3. The summed E-state index contributed by atoms with van der Waals surface area (Å²) >= 11 is 6.39. The number of hydrogen-bond donors (Lipinski definition) is 1. The van der Waals surface area contributed by atoms with Gasteiger partial charge in [-0.25, -0.2) is 0 Å². The van der Waals surface area contributed by atoms with Gasteiger partial charge in [0.1, 0.15) is 0 Å². The lowest BCUT2D eigenvalue weighted by Crippen LogP contribution is -2.37. The molecule has 1 amide bonds. The van der Waals surface area contributed by atoms with Crippen LogP contribution < -0.4 is 4.73 Å². The lowest BCUT2D eigenvalue weighted by molar-refractivity contribution is -0.904. The van der Waals surface area contributed by atoms with Crippen LogP contribution in [0.4, 0.5) is 0 Å². The minimum absolute atomic E-state index is 0.00366. The van der Waals surface area contributed by atoms with E-state index >= 15 is 0 Å². The maximum absolute atomic E-state index is 13.0. The quantitative estimate of drug-likeness (QED) is 0.369. The topological polar surface area (TPSA) is 57.3 Å². The molecule has 5 nitrogen and oxygen atoms in total. The number of benzene rings is 1. The molecule has 6 heteroatoms. The Morgan fingerprint density at radius 3 is 2.37 bits per heavy atom. The highest BCUT2D eigenvalue weighted by molar-refractivity contribution is 6.30. The summed E-state index contributed by atoms with van der Waals surface area (Å²) in [7, 11) is 0. The van der Waals surface area contributed by atoms with Gasteiger partial charge in [0.15, 0.2) is 0 Å². The average molecular weight is 489 g/mol. The average Bonchev–Trinajstić information content (AvgIpc) is 3.00. The van der Waals surface area contributed by atoms with E-state index in [0.717, 1.165) is 41.1 Å². The van der Waals surface area contributed by atoms with Gasteiger partial charge in [0, 0.05) is 46.7 Å². The number of carbonyl (C=O) groups is 1. The molecular formula is C29H31ClN3O2+. The molecule has 35 heavy (non-hydrogen) atoms. The van der Waals surface area contributed by atoms with Crippen LogP contribution in [0, 0.1) is 0 Å². The Kier molecular flexibility index (Phi) is 6.14. The van der Waals surface area contributed by atoms with Crippen LogP contribution >= 0.6 is 11.6 Å². The summed E-state index contributed by atoms with van der Waals surface area (Å²) in [5, 5.41) is 10.2. The molecule has 1 aliphatic carbocycles. The van der Waals surface area contributed by atoms with E-state index in [-0.39, 0.29) is 11.3 Å². The van der Waals surface area contributed by atoms with E-state index in [4.69, 9.17) is 16.6 Å². The zero-order valence-corrected chi connectivity index (χ0v) is 21.3. The van der Waals surface area contributed by atoms with Crippen molar-refractivity contribution >= 4 is 23.1 Å². The van der Waals surface area contributed by atoms with Gasteiger partial charge < -0.3 is 4.90 Å². The van der Waals surface area contributed by atoms with Gasteiger partial charge in [-0.1, -0.05) is 50.1 Å². The number of piperidine rings is 1. The van der Waals surface area contributed by atoms with Crippen molar-refractivity contribution in [2.45, 2.75) is 51.9 Å². The fraction of sp³-hybridized carbons (Fsp3) is 0.345. The Labute approximate surface area is 211 Å². The van der Waals surface area contributed by atoms with E-state index in [1.54, 1.807) is 12.1 Å². The van der Waals surface area contributed by atoms with Gasteiger partial charge in [-0.3, -0.25) is 15.0 Å². The van der Waals surface area contributed by atoms with Crippen molar-refractivity contribution in [3.63, 3.8) is 0 Å². The number of fused-ring (bicyclic) bond motifs is 2. The predicted molar refractivity (Wildman–Crippen MR) is 137 cm³/mol. The highest BCUT2D eigenvalue weighted by Crippen LogP contribution is 2.39. The van der Waals surface area contributed by atoms with E-state index < -0.39 is 0 Å². The number of carbonyl (C=O) groups excluding carboxylic acids is 1. The summed E-state index contributed by atoms with van der Waals surface area (Å²) in [4.78, 5) is 19.9. The highest BCUT2D eigenvalue weighted by Gasteiger charge is 2.28. The van der Waals surface area contributed by atoms with Gasteiger partial charge in [0.25, 0.3) is 5.91 Å². The molecule has 0 spiro atoms. The Hall–Kier alpha value is -3.18.